The molecule has 23 heavy (non-hydrogen) atoms. The normalized spacial score (nSPS) is 24.4. The summed E-state index contributed by atoms with van der Waals surface area (Å²) in [6.07, 6.45) is 6.31. The molecule has 0 bridgehead atoms. The number of nitrogens with zero attached hydrogens (tertiary/aromatic N) is 2. The number of sulfonamides is 1. The Bertz CT molecular complexity index is 787. The van der Waals surface area contributed by atoms with Crippen LogP contribution in [0.2, 0.25) is 0 Å². The van der Waals surface area contributed by atoms with Crippen LogP contribution in [0.4, 0.5) is 0 Å². The van der Waals surface area contributed by atoms with Gasteiger partial charge >= 0.3 is 0 Å². The summed E-state index contributed by atoms with van der Waals surface area (Å²) in [6.45, 7) is 2.64. The Morgan fingerprint density at radius 3 is 2.78 bits per heavy atom. The van der Waals surface area contributed by atoms with E-state index in [1.807, 2.05) is 12.3 Å². The Hall–Kier alpha value is -1.44. The van der Waals surface area contributed by atoms with Crippen LogP contribution in [-0.2, 0) is 10.0 Å². The van der Waals surface area contributed by atoms with E-state index in [1.165, 1.54) is 5.56 Å². The molecule has 2 aromatic rings. The largest absolute Gasteiger partial charge is 0.346 e. The minimum Gasteiger partial charge on any atom is -0.346 e. The third-order valence-electron chi connectivity index (χ3n) is 5.17. The average molecular weight is 334 g/mol. The van der Waals surface area contributed by atoms with Crippen LogP contribution >= 0.6 is 0 Å². The predicted octanol–water partition coefficient (Wildman–Crippen LogP) is 1.43. The molecule has 6 nitrogen and oxygen atoms in total. The molecule has 1 unspecified atom stereocenters. The molecule has 2 aromatic heterocycles. The lowest BCUT2D eigenvalue weighted by Gasteiger charge is -2.32. The van der Waals surface area contributed by atoms with Gasteiger partial charge in [0.15, 0.2) is 0 Å². The Kier molecular flexibility index (Phi) is 3.87. The average Bonchev–Trinajstić information content (AvgIpc) is 3.25. The van der Waals surface area contributed by atoms with Gasteiger partial charge in [-0.25, -0.2) is 17.7 Å². The molecule has 0 spiro atoms. The van der Waals surface area contributed by atoms with Crippen LogP contribution in [0.15, 0.2) is 24.5 Å². The maximum Gasteiger partial charge on any atom is 0.218 e. The molecule has 2 aliphatic heterocycles. The lowest BCUT2D eigenvalue weighted by atomic mass is 9.90. The van der Waals surface area contributed by atoms with Crippen LogP contribution < -0.4 is 5.32 Å². The van der Waals surface area contributed by atoms with E-state index >= 15 is 0 Å². The topological polar surface area (TPSA) is 78.1 Å². The van der Waals surface area contributed by atoms with Crippen molar-refractivity contribution >= 4 is 21.1 Å². The van der Waals surface area contributed by atoms with Gasteiger partial charge in [-0.3, -0.25) is 0 Å². The Balaban J connectivity index is 1.49. The standard InChI is InChI=1S/C16H22N4O2S/c21-23(22,13-3-7-17-10-13)20-8-4-12(5-9-20)15-11-19-16-14(15)2-1-6-18-16/h1-2,6,11-13,17H,3-5,7-10H2,(H,18,19). The fraction of sp³-hybridized carbons (Fsp3) is 0.562. The summed E-state index contributed by atoms with van der Waals surface area (Å²) >= 11 is 0. The third kappa shape index (κ3) is 2.66. The second-order valence-electron chi connectivity index (χ2n) is 6.48. The van der Waals surface area contributed by atoms with Gasteiger partial charge in [-0.15, -0.1) is 0 Å². The minimum absolute atomic E-state index is 0.240. The van der Waals surface area contributed by atoms with Crippen molar-refractivity contribution in [1.82, 2.24) is 19.6 Å². The summed E-state index contributed by atoms with van der Waals surface area (Å²) in [6, 6.07) is 4.04. The zero-order chi connectivity index (χ0) is 15.9. The molecular weight excluding hydrogens is 312 g/mol. The van der Waals surface area contributed by atoms with Crippen molar-refractivity contribution in [1.29, 1.82) is 0 Å². The molecule has 0 aliphatic carbocycles. The van der Waals surface area contributed by atoms with Crippen molar-refractivity contribution in [2.75, 3.05) is 26.2 Å². The summed E-state index contributed by atoms with van der Waals surface area (Å²) < 4.78 is 27.0. The summed E-state index contributed by atoms with van der Waals surface area (Å²) in [5.41, 5.74) is 2.18. The number of piperidine rings is 1. The van der Waals surface area contributed by atoms with Gasteiger partial charge in [-0.2, -0.15) is 0 Å². The van der Waals surface area contributed by atoms with Crippen LogP contribution in [0.25, 0.3) is 11.0 Å². The Morgan fingerprint density at radius 1 is 1.22 bits per heavy atom. The van der Waals surface area contributed by atoms with Gasteiger partial charge in [-0.1, -0.05) is 0 Å². The number of aromatic nitrogens is 2. The van der Waals surface area contributed by atoms with Crippen LogP contribution in [0.5, 0.6) is 0 Å². The van der Waals surface area contributed by atoms with E-state index in [9.17, 15) is 8.42 Å². The fourth-order valence-corrected chi connectivity index (χ4v) is 5.71. The summed E-state index contributed by atoms with van der Waals surface area (Å²) in [5, 5.41) is 4.07. The first-order valence-corrected chi connectivity index (χ1v) is 9.78. The van der Waals surface area contributed by atoms with Gasteiger partial charge < -0.3 is 10.3 Å². The maximum absolute atomic E-state index is 12.7. The highest BCUT2D eigenvalue weighted by Gasteiger charge is 2.36. The monoisotopic (exact) mass is 334 g/mol. The third-order valence-corrected chi connectivity index (χ3v) is 7.50. The molecule has 2 fully saturated rings. The molecule has 2 N–H and O–H groups in total. The zero-order valence-electron chi connectivity index (χ0n) is 13.0. The van der Waals surface area contributed by atoms with Gasteiger partial charge in [0.1, 0.15) is 5.65 Å². The lowest BCUT2D eigenvalue weighted by molar-refractivity contribution is 0.317. The van der Waals surface area contributed by atoms with E-state index in [1.54, 1.807) is 10.5 Å². The smallest absolute Gasteiger partial charge is 0.218 e. The molecule has 2 saturated heterocycles. The van der Waals surface area contributed by atoms with E-state index in [4.69, 9.17) is 0 Å². The van der Waals surface area contributed by atoms with Crippen LogP contribution in [-0.4, -0.2) is 54.1 Å². The highest BCUT2D eigenvalue weighted by atomic mass is 32.2. The van der Waals surface area contributed by atoms with E-state index in [2.05, 4.69) is 21.4 Å². The summed E-state index contributed by atoms with van der Waals surface area (Å²) in [5.74, 6) is 0.404. The lowest BCUT2D eigenvalue weighted by Crippen LogP contribution is -2.43. The van der Waals surface area contributed by atoms with E-state index in [0.717, 1.165) is 36.8 Å². The van der Waals surface area contributed by atoms with Crippen LogP contribution in [0, 0.1) is 0 Å². The zero-order valence-corrected chi connectivity index (χ0v) is 13.8. The molecule has 2 aliphatic rings. The SMILES string of the molecule is O=S(=O)(C1CCNC1)N1CCC(c2c[nH]c3ncccc23)CC1. The van der Waals surface area contributed by atoms with Crippen molar-refractivity contribution in [3.8, 4) is 0 Å². The number of hydrogen-bond acceptors (Lipinski definition) is 4. The van der Waals surface area contributed by atoms with Gasteiger partial charge in [0.25, 0.3) is 0 Å². The number of H-pyrrole nitrogens is 1. The number of hydrogen-bond donors (Lipinski definition) is 2. The molecule has 4 rings (SSSR count). The molecule has 4 heterocycles. The number of nitrogens with one attached hydrogen (secondary N) is 2. The Labute approximate surface area is 136 Å². The number of pyridine rings is 1. The predicted molar refractivity (Wildman–Crippen MR) is 89.8 cm³/mol. The Morgan fingerprint density at radius 2 is 2.04 bits per heavy atom. The van der Waals surface area contributed by atoms with E-state index < -0.39 is 10.0 Å². The summed E-state index contributed by atoms with van der Waals surface area (Å²) in [7, 11) is -3.15. The van der Waals surface area contributed by atoms with Crippen LogP contribution in [0.3, 0.4) is 0 Å². The first kappa shape index (κ1) is 15.1. The molecule has 0 aromatic carbocycles. The van der Waals surface area contributed by atoms with Crippen molar-refractivity contribution in [2.45, 2.75) is 30.4 Å². The van der Waals surface area contributed by atoms with Crippen molar-refractivity contribution in [2.24, 2.45) is 0 Å². The van der Waals surface area contributed by atoms with Gasteiger partial charge in [0.05, 0.1) is 5.25 Å². The fourth-order valence-electron chi connectivity index (χ4n) is 3.83. The molecule has 0 radical (unpaired) electrons. The van der Waals surface area contributed by atoms with Crippen LogP contribution in [0.1, 0.15) is 30.7 Å². The first-order chi connectivity index (χ1) is 11.2. The molecule has 0 amide bonds. The quantitative estimate of drug-likeness (QED) is 0.890. The summed E-state index contributed by atoms with van der Waals surface area (Å²) in [4.78, 5) is 7.55. The highest BCUT2D eigenvalue weighted by Crippen LogP contribution is 2.34. The number of fused-ring (bicyclic) bond motifs is 1. The molecule has 124 valence electrons. The van der Waals surface area contributed by atoms with Crippen molar-refractivity contribution in [3.05, 3.63) is 30.1 Å². The van der Waals surface area contributed by atoms with Crippen molar-refractivity contribution < 1.29 is 8.42 Å². The molecular formula is C16H22N4O2S. The highest BCUT2D eigenvalue weighted by molar-refractivity contribution is 7.89. The van der Waals surface area contributed by atoms with Crippen molar-refractivity contribution in [3.63, 3.8) is 0 Å². The van der Waals surface area contributed by atoms with E-state index in [-0.39, 0.29) is 5.25 Å². The molecule has 1 atom stereocenters. The second-order valence-corrected chi connectivity index (χ2v) is 8.69. The molecule has 0 saturated carbocycles. The first-order valence-electron chi connectivity index (χ1n) is 8.28. The maximum atomic E-state index is 12.7. The van der Waals surface area contributed by atoms with Gasteiger partial charge in [0, 0.05) is 37.4 Å². The minimum atomic E-state index is -3.15. The number of aromatic amines is 1. The second kappa shape index (κ2) is 5.89. The van der Waals surface area contributed by atoms with Gasteiger partial charge in [0.2, 0.25) is 10.0 Å². The number of rotatable bonds is 3. The van der Waals surface area contributed by atoms with E-state index in [0.29, 0.717) is 25.6 Å². The van der Waals surface area contributed by atoms with Gasteiger partial charge in [-0.05, 0) is 49.4 Å². The molecule has 7 heteroatoms.